The van der Waals surface area contributed by atoms with Crippen LogP contribution in [0.5, 0.6) is 0 Å². The van der Waals surface area contributed by atoms with Gasteiger partial charge in [-0.25, -0.2) is 0 Å². The van der Waals surface area contributed by atoms with Gasteiger partial charge in [0.1, 0.15) is 0 Å². The molecule has 0 aliphatic heterocycles. The van der Waals surface area contributed by atoms with E-state index in [0.717, 1.165) is 5.92 Å². The minimum atomic E-state index is 0.514. The molecule has 0 heterocycles. The second-order valence-electron chi connectivity index (χ2n) is 5.55. The molecule has 0 aromatic rings. The van der Waals surface area contributed by atoms with Crippen molar-refractivity contribution in [3.63, 3.8) is 0 Å². The fraction of sp³-hybridized carbons (Fsp3) is 0.846. The van der Waals surface area contributed by atoms with Gasteiger partial charge in [-0.1, -0.05) is 31.9 Å². The predicted octanol–water partition coefficient (Wildman–Crippen LogP) is 3.37. The first-order valence-corrected chi connectivity index (χ1v) is 5.79. The molecule has 1 N–H and O–H groups in total. The lowest BCUT2D eigenvalue weighted by molar-refractivity contribution is 0.225. The highest BCUT2D eigenvalue weighted by Gasteiger charge is 2.37. The maximum Gasteiger partial charge on any atom is 0.0283 e. The molecule has 1 rings (SSSR count). The zero-order valence-corrected chi connectivity index (χ0v) is 10.4. The molecule has 1 fully saturated rings. The summed E-state index contributed by atoms with van der Waals surface area (Å²) in [5, 5.41) is 3.45. The van der Waals surface area contributed by atoms with Gasteiger partial charge in [-0.05, 0) is 45.1 Å². The van der Waals surface area contributed by atoms with E-state index in [4.69, 9.17) is 0 Å². The molecule has 82 valence electrons. The fourth-order valence-corrected chi connectivity index (χ4v) is 2.78. The van der Waals surface area contributed by atoms with Crippen LogP contribution >= 0.6 is 0 Å². The average Bonchev–Trinajstić information content (AvgIpc) is 2.41. The Morgan fingerprint density at radius 2 is 2.07 bits per heavy atom. The summed E-state index contributed by atoms with van der Waals surface area (Å²) in [6.07, 6.45) is 6.54. The van der Waals surface area contributed by atoms with Crippen molar-refractivity contribution in [3.8, 4) is 0 Å². The molecule has 1 nitrogen and oxygen atoms in total. The molecule has 0 radical (unpaired) electrons. The van der Waals surface area contributed by atoms with Crippen molar-refractivity contribution in [3.05, 3.63) is 11.6 Å². The average molecular weight is 195 g/mol. The Morgan fingerprint density at radius 3 is 2.43 bits per heavy atom. The molecule has 2 unspecified atom stereocenters. The molecule has 0 saturated heterocycles. The first-order chi connectivity index (χ1) is 6.47. The quantitative estimate of drug-likeness (QED) is 0.681. The van der Waals surface area contributed by atoms with Gasteiger partial charge in [0, 0.05) is 6.04 Å². The number of allylic oxidation sites excluding steroid dienone is 1. The molecule has 0 amide bonds. The molecule has 0 spiro atoms. The molecule has 0 bridgehead atoms. The van der Waals surface area contributed by atoms with Crippen LogP contribution in [-0.2, 0) is 0 Å². The Balaban J connectivity index is 2.74. The number of hydrogen-bond acceptors (Lipinski definition) is 1. The molecule has 2 atom stereocenters. The molecule has 1 saturated carbocycles. The Labute approximate surface area is 89.0 Å². The summed E-state index contributed by atoms with van der Waals surface area (Å²) in [6, 6.07) is 0.567. The van der Waals surface area contributed by atoms with Gasteiger partial charge in [0.25, 0.3) is 0 Å². The van der Waals surface area contributed by atoms with Crippen LogP contribution in [0.25, 0.3) is 0 Å². The summed E-state index contributed by atoms with van der Waals surface area (Å²) >= 11 is 0. The highest BCUT2D eigenvalue weighted by atomic mass is 14.9. The highest BCUT2D eigenvalue weighted by molar-refractivity contribution is 5.06. The summed E-state index contributed by atoms with van der Waals surface area (Å²) in [7, 11) is 2.08. The Hall–Kier alpha value is -0.300. The summed E-state index contributed by atoms with van der Waals surface area (Å²) in [5.41, 5.74) is 1.94. The van der Waals surface area contributed by atoms with Crippen LogP contribution in [0.3, 0.4) is 0 Å². The van der Waals surface area contributed by atoms with Crippen molar-refractivity contribution < 1.29 is 0 Å². The normalized spacial score (nSPS) is 27.4. The van der Waals surface area contributed by atoms with E-state index in [0.29, 0.717) is 11.5 Å². The molecule has 1 heteroatoms. The van der Waals surface area contributed by atoms with Gasteiger partial charge in [0.2, 0.25) is 0 Å². The van der Waals surface area contributed by atoms with Crippen LogP contribution in [0.1, 0.15) is 47.0 Å². The van der Waals surface area contributed by atoms with Crippen LogP contribution in [0.15, 0.2) is 11.6 Å². The topological polar surface area (TPSA) is 12.0 Å². The van der Waals surface area contributed by atoms with Gasteiger partial charge in [0.15, 0.2) is 0 Å². The van der Waals surface area contributed by atoms with Crippen molar-refractivity contribution in [2.75, 3.05) is 7.05 Å². The molecule has 0 aromatic carbocycles. The molecule has 1 aliphatic rings. The Bertz CT molecular complexity index is 211. The largest absolute Gasteiger partial charge is 0.313 e. The van der Waals surface area contributed by atoms with E-state index in [1.165, 1.54) is 24.8 Å². The van der Waals surface area contributed by atoms with Crippen molar-refractivity contribution in [1.82, 2.24) is 5.32 Å². The SMILES string of the molecule is CNC(C=C(C)C)C1CCCC1(C)C. The van der Waals surface area contributed by atoms with E-state index in [-0.39, 0.29) is 0 Å². The molecule has 1 aliphatic carbocycles. The van der Waals surface area contributed by atoms with E-state index in [1.54, 1.807) is 0 Å². The van der Waals surface area contributed by atoms with Crippen LogP contribution in [0.2, 0.25) is 0 Å². The van der Waals surface area contributed by atoms with E-state index < -0.39 is 0 Å². The Morgan fingerprint density at radius 1 is 1.43 bits per heavy atom. The van der Waals surface area contributed by atoms with Gasteiger partial charge in [0.05, 0.1) is 0 Å². The van der Waals surface area contributed by atoms with Crippen LogP contribution < -0.4 is 5.32 Å². The molecule has 0 aromatic heterocycles. The maximum atomic E-state index is 3.45. The third-order valence-electron chi connectivity index (χ3n) is 3.62. The minimum absolute atomic E-state index is 0.514. The van der Waals surface area contributed by atoms with E-state index in [9.17, 15) is 0 Å². The second-order valence-corrected chi connectivity index (χ2v) is 5.55. The number of nitrogens with one attached hydrogen (secondary N) is 1. The van der Waals surface area contributed by atoms with Crippen LogP contribution in [-0.4, -0.2) is 13.1 Å². The van der Waals surface area contributed by atoms with E-state index in [2.05, 4.69) is 46.1 Å². The zero-order chi connectivity index (χ0) is 10.8. The van der Waals surface area contributed by atoms with Crippen LogP contribution in [0.4, 0.5) is 0 Å². The lowest BCUT2D eigenvalue weighted by Crippen LogP contribution is -2.37. The van der Waals surface area contributed by atoms with Gasteiger partial charge in [-0.3, -0.25) is 0 Å². The number of hydrogen-bond donors (Lipinski definition) is 1. The molecular formula is C13H25N. The number of likely N-dealkylation sites (N-methyl/N-ethyl adjacent to an activating group) is 1. The van der Waals surface area contributed by atoms with Crippen LogP contribution in [0, 0.1) is 11.3 Å². The molecule has 14 heavy (non-hydrogen) atoms. The smallest absolute Gasteiger partial charge is 0.0283 e. The van der Waals surface area contributed by atoms with Crippen molar-refractivity contribution in [2.24, 2.45) is 11.3 Å². The second kappa shape index (κ2) is 4.48. The summed E-state index contributed by atoms with van der Waals surface area (Å²) in [4.78, 5) is 0. The maximum absolute atomic E-state index is 3.45. The van der Waals surface area contributed by atoms with Gasteiger partial charge < -0.3 is 5.32 Å². The number of rotatable bonds is 3. The lowest BCUT2D eigenvalue weighted by Gasteiger charge is -2.32. The minimum Gasteiger partial charge on any atom is -0.313 e. The van der Waals surface area contributed by atoms with Crippen molar-refractivity contribution in [1.29, 1.82) is 0 Å². The highest BCUT2D eigenvalue weighted by Crippen LogP contribution is 2.44. The summed E-state index contributed by atoms with van der Waals surface area (Å²) in [5.74, 6) is 0.808. The first-order valence-electron chi connectivity index (χ1n) is 5.79. The standard InChI is InChI=1S/C13H25N/c1-10(2)9-12(14-5)11-7-6-8-13(11,3)4/h9,11-12,14H,6-8H2,1-5H3. The van der Waals surface area contributed by atoms with Gasteiger partial charge >= 0.3 is 0 Å². The van der Waals surface area contributed by atoms with Crippen molar-refractivity contribution in [2.45, 2.75) is 53.0 Å². The Kier molecular flexibility index (Phi) is 3.77. The van der Waals surface area contributed by atoms with E-state index >= 15 is 0 Å². The van der Waals surface area contributed by atoms with Crippen molar-refractivity contribution >= 4 is 0 Å². The summed E-state index contributed by atoms with van der Waals surface area (Å²) in [6.45, 7) is 9.19. The zero-order valence-electron chi connectivity index (χ0n) is 10.4. The van der Waals surface area contributed by atoms with Gasteiger partial charge in [-0.2, -0.15) is 0 Å². The third-order valence-corrected chi connectivity index (χ3v) is 3.62. The first kappa shape index (κ1) is 11.8. The lowest BCUT2D eigenvalue weighted by atomic mass is 9.77. The predicted molar refractivity (Wildman–Crippen MR) is 63.4 cm³/mol. The third kappa shape index (κ3) is 2.60. The van der Waals surface area contributed by atoms with Gasteiger partial charge in [-0.15, -0.1) is 0 Å². The summed E-state index contributed by atoms with van der Waals surface area (Å²) < 4.78 is 0. The monoisotopic (exact) mass is 195 g/mol. The van der Waals surface area contributed by atoms with E-state index in [1.807, 2.05) is 0 Å². The molecular weight excluding hydrogens is 170 g/mol. The fourth-order valence-electron chi connectivity index (χ4n) is 2.78.